The van der Waals surface area contributed by atoms with Crippen LogP contribution in [0.1, 0.15) is 15.9 Å². The van der Waals surface area contributed by atoms with Crippen molar-refractivity contribution in [1.82, 2.24) is 9.62 Å². The average molecular weight is 471 g/mol. The van der Waals surface area contributed by atoms with Crippen molar-refractivity contribution in [2.24, 2.45) is 0 Å². The highest BCUT2D eigenvalue weighted by molar-refractivity contribution is 7.89. The Bertz CT molecular complexity index is 1230. The van der Waals surface area contributed by atoms with Crippen molar-refractivity contribution in [1.29, 1.82) is 0 Å². The monoisotopic (exact) mass is 470 g/mol. The minimum atomic E-state index is -3.85. The summed E-state index contributed by atoms with van der Waals surface area (Å²) in [4.78, 5) is 12.5. The molecule has 0 aliphatic carbocycles. The molecule has 0 spiro atoms. The molecule has 1 fully saturated rings. The van der Waals surface area contributed by atoms with Gasteiger partial charge >= 0.3 is 0 Å². The number of carbonyl (C=O) groups excluding carboxylic acids is 1. The average Bonchev–Trinajstić information content (AvgIpc) is 2.84. The van der Waals surface area contributed by atoms with E-state index in [0.717, 1.165) is 17.7 Å². The molecule has 0 saturated carbocycles. The number of morpholine rings is 1. The number of amides is 1. The topological polar surface area (TPSA) is 84.9 Å². The fourth-order valence-electron chi connectivity index (χ4n) is 3.40. The van der Waals surface area contributed by atoms with Gasteiger partial charge in [0.25, 0.3) is 5.91 Å². The molecule has 1 saturated heterocycles. The first kappa shape index (κ1) is 22.9. The van der Waals surface area contributed by atoms with Crippen molar-refractivity contribution < 1.29 is 27.1 Å². The molecule has 0 atom stereocenters. The lowest BCUT2D eigenvalue weighted by molar-refractivity contribution is 0.0730. The summed E-state index contributed by atoms with van der Waals surface area (Å²) in [6, 6.07) is 19.7. The van der Waals surface area contributed by atoms with Gasteiger partial charge in [-0.15, -0.1) is 0 Å². The van der Waals surface area contributed by atoms with Crippen LogP contribution >= 0.6 is 0 Å². The largest absolute Gasteiger partial charge is 0.457 e. The van der Waals surface area contributed by atoms with Crippen LogP contribution in [-0.2, 0) is 21.3 Å². The molecule has 1 N–H and O–H groups in total. The second-order valence-electron chi connectivity index (χ2n) is 7.40. The van der Waals surface area contributed by atoms with Gasteiger partial charge in [-0.05, 0) is 48.0 Å². The molecule has 3 aromatic carbocycles. The van der Waals surface area contributed by atoms with E-state index in [-0.39, 0.29) is 30.1 Å². The molecular weight excluding hydrogens is 447 g/mol. The Morgan fingerprint density at radius 1 is 0.970 bits per heavy atom. The van der Waals surface area contributed by atoms with E-state index in [2.05, 4.69) is 5.32 Å². The first-order valence-electron chi connectivity index (χ1n) is 10.4. The lowest BCUT2D eigenvalue weighted by Crippen LogP contribution is -2.40. The zero-order valence-electron chi connectivity index (χ0n) is 17.7. The van der Waals surface area contributed by atoms with Gasteiger partial charge in [-0.1, -0.05) is 30.3 Å². The van der Waals surface area contributed by atoms with Crippen molar-refractivity contribution in [2.45, 2.75) is 11.4 Å². The van der Waals surface area contributed by atoms with Crippen molar-refractivity contribution in [3.8, 4) is 11.5 Å². The van der Waals surface area contributed by atoms with E-state index in [1.54, 1.807) is 24.3 Å². The normalized spacial score (nSPS) is 14.6. The highest BCUT2D eigenvalue weighted by Gasteiger charge is 2.27. The second-order valence-corrected chi connectivity index (χ2v) is 9.34. The van der Waals surface area contributed by atoms with Crippen LogP contribution in [-0.4, -0.2) is 44.9 Å². The third-order valence-corrected chi connectivity index (χ3v) is 7.02. The van der Waals surface area contributed by atoms with Crippen LogP contribution in [0.4, 0.5) is 4.39 Å². The molecule has 0 unspecified atom stereocenters. The van der Waals surface area contributed by atoms with Crippen molar-refractivity contribution in [2.75, 3.05) is 26.3 Å². The highest BCUT2D eigenvalue weighted by Crippen LogP contribution is 2.23. The van der Waals surface area contributed by atoms with Gasteiger partial charge in [-0.3, -0.25) is 4.79 Å². The van der Waals surface area contributed by atoms with Crippen LogP contribution in [0.5, 0.6) is 11.5 Å². The Balaban J connectivity index is 1.46. The minimum absolute atomic E-state index is 0.116. The van der Waals surface area contributed by atoms with E-state index in [1.165, 1.54) is 10.4 Å². The number of rotatable bonds is 7. The lowest BCUT2D eigenvalue weighted by Gasteiger charge is -2.26. The highest BCUT2D eigenvalue weighted by atomic mass is 32.2. The quantitative estimate of drug-likeness (QED) is 0.571. The van der Waals surface area contributed by atoms with Gasteiger partial charge in [-0.2, -0.15) is 4.31 Å². The van der Waals surface area contributed by atoms with Gasteiger partial charge in [-0.25, -0.2) is 12.8 Å². The summed E-state index contributed by atoms with van der Waals surface area (Å²) in [7, 11) is -3.85. The summed E-state index contributed by atoms with van der Waals surface area (Å²) in [5, 5.41) is 2.64. The smallest absolute Gasteiger partial charge is 0.254 e. The molecule has 1 amide bonds. The van der Waals surface area contributed by atoms with E-state index in [0.29, 0.717) is 24.7 Å². The summed E-state index contributed by atoms with van der Waals surface area (Å²) in [6.45, 7) is 1.12. The molecule has 33 heavy (non-hydrogen) atoms. The molecule has 3 aromatic rings. The number of nitrogens with one attached hydrogen (secondary N) is 1. The number of benzene rings is 3. The Hall–Kier alpha value is -3.27. The molecular formula is C24H23FN2O5S. The molecule has 1 heterocycles. The van der Waals surface area contributed by atoms with Gasteiger partial charge in [0.1, 0.15) is 17.3 Å². The number of ether oxygens (including phenoxy) is 2. The van der Waals surface area contributed by atoms with E-state index in [1.807, 2.05) is 30.3 Å². The van der Waals surface area contributed by atoms with E-state index in [4.69, 9.17) is 9.47 Å². The fourth-order valence-corrected chi connectivity index (χ4v) is 4.83. The molecule has 172 valence electrons. The first-order chi connectivity index (χ1) is 15.9. The van der Waals surface area contributed by atoms with Crippen LogP contribution in [0, 0.1) is 5.82 Å². The number of carbonyl (C=O) groups is 1. The standard InChI is InChI=1S/C24H23FN2O5S/c25-23-10-9-21(33(29,30)27-11-13-31-14-12-27)16-22(23)24(28)26-17-18-5-4-8-20(15-18)32-19-6-2-1-3-7-19/h1-10,15-16H,11-14,17H2,(H,26,28). The van der Waals surface area contributed by atoms with Crippen LogP contribution < -0.4 is 10.1 Å². The van der Waals surface area contributed by atoms with Crippen LogP contribution in [0.3, 0.4) is 0 Å². The maximum atomic E-state index is 14.4. The Morgan fingerprint density at radius 2 is 1.70 bits per heavy atom. The molecule has 4 rings (SSSR count). The number of hydrogen-bond donors (Lipinski definition) is 1. The third-order valence-electron chi connectivity index (χ3n) is 5.12. The molecule has 9 heteroatoms. The van der Waals surface area contributed by atoms with Crippen LogP contribution in [0.15, 0.2) is 77.7 Å². The second kappa shape index (κ2) is 10.1. The van der Waals surface area contributed by atoms with Crippen molar-refractivity contribution >= 4 is 15.9 Å². The fraction of sp³-hybridized carbons (Fsp3) is 0.208. The molecule has 1 aliphatic rings. The van der Waals surface area contributed by atoms with Crippen LogP contribution in [0.25, 0.3) is 0 Å². The zero-order valence-corrected chi connectivity index (χ0v) is 18.6. The molecule has 0 aromatic heterocycles. The minimum Gasteiger partial charge on any atom is -0.457 e. The zero-order chi connectivity index (χ0) is 23.3. The van der Waals surface area contributed by atoms with Gasteiger partial charge in [0.2, 0.25) is 10.0 Å². The maximum Gasteiger partial charge on any atom is 0.254 e. The third kappa shape index (κ3) is 5.57. The van der Waals surface area contributed by atoms with Gasteiger partial charge in [0.05, 0.1) is 23.7 Å². The summed E-state index contributed by atoms with van der Waals surface area (Å²) >= 11 is 0. The predicted octanol–water partition coefficient (Wildman–Crippen LogP) is 3.57. The number of para-hydroxylation sites is 1. The summed E-state index contributed by atoms with van der Waals surface area (Å²) in [6.07, 6.45) is 0. The number of hydrogen-bond acceptors (Lipinski definition) is 5. The Kier molecular flexibility index (Phi) is 7.02. The Morgan fingerprint density at radius 3 is 2.45 bits per heavy atom. The number of nitrogens with zero attached hydrogens (tertiary/aromatic N) is 1. The first-order valence-corrected chi connectivity index (χ1v) is 11.8. The van der Waals surface area contributed by atoms with Gasteiger partial charge < -0.3 is 14.8 Å². The maximum absolute atomic E-state index is 14.4. The SMILES string of the molecule is O=C(NCc1cccc(Oc2ccccc2)c1)c1cc(S(=O)(=O)N2CCOCC2)ccc1F. The lowest BCUT2D eigenvalue weighted by atomic mass is 10.1. The molecule has 0 radical (unpaired) electrons. The summed E-state index contributed by atoms with van der Waals surface area (Å²) < 4.78 is 52.3. The van der Waals surface area contributed by atoms with Crippen LogP contribution in [0.2, 0.25) is 0 Å². The number of halogens is 1. The summed E-state index contributed by atoms with van der Waals surface area (Å²) in [5.74, 6) is -0.229. The molecule has 0 bridgehead atoms. The number of sulfonamides is 1. The van der Waals surface area contributed by atoms with E-state index < -0.39 is 21.7 Å². The van der Waals surface area contributed by atoms with Gasteiger partial charge in [0.15, 0.2) is 0 Å². The van der Waals surface area contributed by atoms with E-state index in [9.17, 15) is 17.6 Å². The Labute approximate surface area is 191 Å². The van der Waals surface area contributed by atoms with E-state index >= 15 is 0 Å². The molecule has 7 nitrogen and oxygen atoms in total. The molecule has 1 aliphatic heterocycles. The van der Waals surface area contributed by atoms with Gasteiger partial charge in [0, 0.05) is 19.6 Å². The summed E-state index contributed by atoms with van der Waals surface area (Å²) in [5.41, 5.74) is 0.412. The predicted molar refractivity (Wildman–Crippen MR) is 120 cm³/mol. The van der Waals surface area contributed by atoms with Crippen molar-refractivity contribution in [3.63, 3.8) is 0 Å². The van der Waals surface area contributed by atoms with Crippen molar-refractivity contribution in [3.05, 3.63) is 89.7 Å².